The first kappa shape index (κ1) is 20.7. The monoisotopic (exact) mass is 396 g/mol. The molecule has 0 N–H and O–H groups in total. The molecule has 8 heteroatoms. The standard InChI is InChI=1S/C21H28N6O2/c1-14(2)27-12-15(10-20(27)28)17-11-19(25(3)4)24-18(23-17)13-26(5)21(29)16-8-6-7-9-22-16/h6-9,11,14-15H,10,12-13H2,1-5H3/t15-/m0/s1. The second-order valence-corrected chi connectivity index (χ2v) is 7.88. The van der Waals surface area contributed by atoms with E-state index in [4.69, 9.17) is 4.98 Å². The molecule has 0 bridgehead atoms. The van der Waals surface area contributed by atoms with E-state index in [1.165, 1.54) is 0 Å². The molecule has 1 aliphatic rings. The van der Waals surface area contributed by atoms with Crippen LogP contribution in [0.25, 0.3) is 0 Å². The highest BCUT2D eigenvalue weighted by Crippen LogP contribution is 2.29. The number of anilines is 1. The summed E-state index contributed by atoms with van der Waals surface area (Å²) in [7, 11) is 5.54. The van der Waals surface area contributed by atoms with Crippen molar-refractivity contribution in [3.63, 3.8) is 0 Å². The molecule has 1 saturated heterocycles. The molecule has 2 amide bonds. The van der Waals surface area contributed by atoms with E-state index in [0.717, 1.165) is 11.5 Å². The van der Waals surface area contributed by atoms with Crippen LogP contribution in [0.5, 0.6) is 0 Å². The van der Waals surface area contributed by atoms with E-state index in [2.05, 4.69) is 9.97 Å². The molecule has 29 heavy (non-hydrogen) atoms. The van der Waals surface area contributed by atoms with Gasteiger partial charge in [-0.2, -0.15) is 0 Å². The number of rotatable bonds is 6. The molecule has 2 aromatic rings. The van der Waals surface area contributed by atoms with Crippen LogP contribution < -0.4 is 4.90 Å². The van der Waals surface area contributed by atoms with Gasteiger partial charge in [-0.15, -0.1) is 0 Å². The van der Waals surface area contributed by atoms with Gasteiger partial charge in [0.1, 0.15) is 17.3 Å². The smallest absolute Gasteiger partial charge is 0.272 e. The van der Waals surface area contributed by atoms with Crippen molar-refractivity contribution in [2.45, 2.75) is 38.8 Å². The fraction of sp³-hybridized carbons (Fsp3) is 0.476. The lowest BCUT2D eigenvalue weighted by Gasteiger charge is -2.22. The van der Waals surface area contributed by atoms with Crippen molar-refractivity contribution in [2.75, 3.05) is 32.6 Å². The first-order valence-electron chi connectivity index (χ1n) is 9.77. The van der Waals surface area contributed by atoms with Crippen molar-refractivity contribution < 1.29 is 9.59 Å². The Morgan fingerprint density at radius 1 is 1.24 bits per heavy atom. The minimum absolute atomic E-state index is 0.0298. The van der Waals surface area contributed by atoms with E-state index in [-0.39, 0.29) is 30.3 Å². The maximum atomic E-state index is 12.6. The zero-order chi connectivity index (χ0) is 21.1. The Morgan fingerprint density at radius 3 is 2.59 bits per heavy atom. The Kier molecular flexibility index (Phi) is 6.10. The van der Waals surface area contributed by atoms with Crippen molar-refractivity contribution >= 4 is 17.6 Å². The van der Waals surface area contributed by atoms with Crippen LogP contribution in [-0.2, 0) is 11.3 Å². The van der Waals surface area contributed by atoms with Crippen molar-refractivity contribution in [2.24, 2.45) is 0 Å². The Labute approximate surface area is 171 Å². The van der Waals surface area contributed by atoms with E-state index >= 15 is 0 Å². The number of carbonyl (C=O) groups is 2. The van der Waals surface area contributed by atoms with Gasteiger partial charge in [-0.25, -0.2) is 9.97 Å². The molecule has 3 heterocycles. The van der Waals surface area contributed by atoms with Crippen molar-refractivity contribution in [3.8, 4) is 0 Å². The molecule has 0 saturated carbocycles. The Hall–Kier alpha value is -3.03. The lowest BCUT2D eigenvalue weighted by Crippen LogP contribution is -2.32. The van der Waals surface area contributed by atoms with Gasteiger partial charge >= 0.3 is 0 Å². The van der Waals surface area contributed by atoms with Gasteiger partial charge in [-0.3, -0.25) is 14.6 Å². The minimum atomic E-state index is -0.187. The number of hydrogen-bond acceptors (Lipinski definition) is 6. The maximum Gasteiger partial charge on any atom is 0.272 e. The zero-order valence-electron chi connectivity index (χ0n) is 17.7. The molecule has 0 radical (unpaired) electrons. The zero-order valence-corrected chi connectivity index (χ0v) is 17.7. The highest BCUT2D eigenvalue weighted by Gasteiger charge is 2.33. The summed E-state index contributed by atoms with van der Waals surface area (Å²) in [6.45, 7) is 4.96. The van der Waals surface area contributed by atoms with Crippen LogP contribution in [0.2, 0.25) is 0 Å². The predicted octanol–water partition coefficient (Wildman–Crippen LogP) is 1.93. The lowest BCUT2D eigenvalue weighted by molar-refractivity contribution is -0.129. The molecule has 8 nitrogen and oxygen atoms in total. The molecule has 1 aliphatic heterocycles. The Balaban J connectivity index is 1.84. The summed E-state index contributed by atoms with van der Waals surface area (Å²) in [6, 6.07) is 7.35. The molecule has 0 unspecified atom stereocenters. The molecule has 0 aromatic carbocycles. The van der Waals surface area contributed by atoms with E-state index in [1.54, 1.807) is 36.3 Å². The van der Waals surface area contributed by atoms with Crippen molar-refractivity contribution in [3.05, 3.63) is 47.7 Å². The summed E-state index contributed by atoms with van der Waals surface area (Å²) >= 11 is 0. The average molecular weight is 396 g/mol. The topological polar surface area (TPSA) is 82.5 Å². The van der Waals surface area contributed by atoms with Gasteiger partial charge < -0.3 is 14.7 Å². The number of hydrogen-bond donors (Lipinski definition) is 0. The van der Waals surface area contributed by atoms with E-state index < -0.39 is 0 Å². The maximum absolute atomic E-state index is 12.6. The molecule has 1 atom stereocenters. The quantitative estimate of drug-likeness (QED) is 0.742. The highest BCUT2D eigenvalue weighted by atomic mass is 16.2. The molecule has 3 rings (SSSR count). The molecule has 0 spiro atoms. The van der Waals surface area contributed by atoms with Gasteiger partial charge in [0, 0.05) is 58.3 Å². The molecular weight excluding hydrogens is 368 g/mol. The number of aromatic nitrogens is 3. The number of amides is 2. The van der Waals surface area contributed by atoms with E-state index in [9.17, 15) is 9.59 Å². The largest absolute Gasteiger partial charge is 0.363 e. The molecule has 1 fully saturated rings. The SMILES string of the molecule is CC(C)N1C[C@@H](c2cc(N(C)C)nc(CN(C)C(=O)c3ccccn3)n2)CC1=O. The minimum Gasteiger partial charge on any atom is -0.363 e. The Morgan fingerprint density at radius 2 is 2.00 bits per heavy atom. The van der Waals surface area contributed by atoms with Gasteiger partial charge in [0.15, 0.2) is 0 Å². The first-order valence-corrected chi connectivity index (χ1v) is 9.77. The van der Waals surface area contributed by atoms with Crippen LogP contribution in [0.1, 0.15) is 48.2 Å². The van der Waals surface area contributed by atoms with Crippen LogP contribution in [0, 0.1) is 0 Å². The van der Waals surface area contributed by atoms with E-state index in [1.807, 2.05) is 43.8 Å². The third-order valence-corrected chi connectivity index (χ3v) is 5.05. The van der Waals surface area contributed by atoms with E-state index in [0.29, 0.717) is 24.5 Å². The fourth-order valence-corrected chi connectivity index (χ4v) is 3.41. The first-order chi connectivity index (χ1) is 13.8. The third-order valence-electron chi connectivity index (χ3n) is 5.05. The molecule has 154 valence electrons. The fourth-order valence-electron chi connectivity index (χ4n) is 3.41. The average Bonchev–Trinajstić information content (AvgIpc) is 3.09. The summed E-state index contributed by atoms with van der Waals surface area (Å²) in [6.07, 6.45) is 2.05. The predicted molar refractivity (Wildman–Crippen MR) is 111 cm³/mol. The second kappa shape index (κ2) is 8.55. The number of nitrogens with zero attached hydrogens (tertiary/aromatic N) is 6. The summed E-state index contributed by atoms with van der Waals surface area (Å²) in [5.41, 5.74) is 1.22. The highest BCUT2D eigenvalue weighted by molar-refractivity contribution is 5.91. The Bertz CT molecular complexity index is 884. The van der Waals surface area contributed by atoms with Gasteiger partial charge in [0.2, 0.25) is 5.91 Å². The van der Waals surface area contributed by atoms with Gasteiger partial charge in [0.05, 0.1) is 12.2 Å². The van der Waals surface area contributed by atoms with Crippen LogP contribution in [-0.4, -0.2) is 70.3 Å². The molecular formula is C21H28N6O2. The van der Waals surface area contributed by atoms with Gasteiger partial charge in [-0.05, 0) is 26.0 Å². The van der Waals surface area contributed by atoms with Crippen molar-refractivity contribution in [1.82, 2.24) is 24.8 Å². The summed E-state index contributed by atoms with van der Waals surface area (Å²) < 4.78 is 0. The van der Waals surface area contributed by atoms with Gasteiger partial charge in [-0.1, -0.05) is 6.07 Å². The normalized spacial score (nSPS) is 16.4. The number of pyridine rings is 1. The van der Waals surface area contributed by atoms with Crippen molar-refractivity contribution in [1.29, 1.82) is 0 Å². The van der Waals surface area contributed by atoms with Crippen LogP contribution in [0.15, 0.2) is 30.5 Å². The summed E-state index contributed by atoms with van der Waals surface area (Å²) in [4.78, 5) is 43.7. The summed E-state index contributed by atoms with van der Waals surface area (Å²) in [5, 5.41) is 0. The third kappa shape index (κ3) is 4.70. The van der Waals surface area contributed by atoms with Crippen LogP contribution in [0.3, 0.4) is 0 Å². The number of likely N-dealkylation sites (tertiary alicyclic amines) is 1. The van der Waals surface area contributed by atoms with Crippen LogP contribution in [0.4, 0.5) is 5.82 Å². The van der Waals surface area contributed by atoms with Gasteiger partial charge in [0.25, 0.3) is 5.91 Å². The summed E-state index contributed by atoms with van der Waals surface area (Å²) in [5.74, 6) is 1.31. The number of carbonyl (C=O) groups excluding carboxylic acids is 2. The second-order valence-electron chi connectivity index (χ2n) is 7.88. The van der Waals surface area contributed by atoms with Crippen LogP contribution >= 0.6 is 0 Å². The molecule has 0 aliphatic carbocycles. The molecule has 2 aromatic heterocycles. The lowest BCUT2D eigenvalue weighted by atomic mass is 10.0.